The molecule has 0 saturated carbocycles. The molecule has 4 fully saturated rings. The van der Waals surface area contributed by atoms with E-state index in [1.807, 2.05) is 0 Å². The minimum Gasteiger partial charge on any atom is -0.356 e. The van der Waals surface area contributed by atoms with Crippen LogP contribution in [-0.2, 0) is 6.42 Å². The highest BCUT2D eigenvalue weighted by molar-refractivity contribution is 5.47. The Labute approximate surface area is 169 Å². The van der Waals surface area contributed by atoms with Gasteiger partial charge in [0.05, 0.1) is 0 Å². The summed E-state index contributed by atoms with van der Waals surface area (Å²) < 4.78 is 0. The summed E-state index contributed by atoms with van der Waals surface area (Å²) >= 11 is 0. The second-order valence-electron chi connectivity index (χ2n) is 9.33. The van der Waals surface area contributed by atoms with Gasteiger partial charge in [-0.15, -0.1) is 0 Å². The van der Waals surface area contributed by atoms with E-state index in [0.29, 0.717) is 0 Å². The lowest BCUT2D eigenvalue weighted by Crippen LogP contribution is -2.45. The van der Waals surface area contributed by atoms with E-state index in [0.717, 1.165) is 62.4 Å². The van der Waals surface area contributed by atoms with Crippen LogP contribution in [0.3, 0.4) is 0 Å². The fourth-order valence-corrected chi connectivity index (χ4v) is 5.83. The largest absolute Gasteiger partial charge is 0.356 e. The predicted molar refractivity (Wildman–Crippen MR) is 114 cm³/mol. The molecule has 6 nitrogen and oxygen atoms in total. The third kappa shape index (κ3) is 3.50. The molecule has 0 N–H and O–H groups in total. The van der Waals surface area contributed by atoms with Crippen molar-refractivity contribution in [2.45, 2.75) is 57.5 Å². The van der Waals surface area contributed by atoms with Crippen LogP contribution in [0.2, 0.25) is 0 Å². The van der Waals surface area contributed by atoms with Crippen molar-refractivity contribution in [2.75, 3.05) is 62.7 Å². The zero-order chi connectivity index (χ0) is 19.1. The summed E-state index contributed by atoms with van der Waals surface area (Å²) in [5.41, 5.74) is 1.18. The monoisotopic (exact) mass is 384 g/mol. The SMILES string of the molecule is CCc1cc(N2CCC(N3C[C@@H]4CCN(C)[C@@H]4C3)CC2)nc(N2CCCC2)n1. The fourth-order valence-electron chi connectivity index (χ4n) is 5.83. The van der Waals surface area contributed by atoms with Gasteiger partial charge >= 0.3 is 0 Å². The summed E-state index contributed by atoms with van der Waals surface area (Å²) in [5, 5.41) is 0. The molecule has 28 heavy (non-hydrogen) atoms. The van der Waals surface area contributed by atoms with Gasteiger partial charge in [-0.1, -0.05) is 6.92 Å². The molecular formula is C22H36N6. The first kappa shape index (κ1) is 18.6. The molecule has 0 aliphatic carbocycles. The third-order valence-electron chi connectivity index (χ3n) is 7.66. The summed E-state index contributed by atoms with van der Waals surface area (Å²) in [5.74, 6) is 3.04. The second kappa shape index (κ2) is 7.79. The lowest BCUT2D eigenvalue weighted by atomic mass is 10.0. The van der Waals surface area contributed by atoms with Crippen LogP contribution >= 0.6 is 0 Å². The first-order valence-corrected chi connectivity index (χ1v) is 11.5. The van der Waals surface area contributed by atoms with Gasteiger partial charge < -0.3 is 14.7 Å². The average molecular weight is 385 g/mol. The number of piperidine rings is 1. The molecule has 0 amide bonds. The van der Waals surface area contributed by atoms with E-state index in [2.05, 4.69) is 39.6 Å². The van der Waals surface area contributed by atoms with Crippen LogP contribution in [0.25, 0.3) is 0 Å². The third-order valence-corrected chi connectivity index (χ3v) is 7.66. The van der Waals surface area contributed by atoms with Crippen molar-refractivity contribution in [1.29, 1.82) is 0 Å². The van der Waals surface area contributed by atoms with Crippen LogP contribution in [0, 0.1) is 5.92 Å². The minimum absolute atomic E-state index is 0.765. The maximum Gasteiger partial charge on any atom is 0.227 e. The van der Waals surface area contributed by atoms with Gasteiger partial charge in [0.1, 0.15) is 5.82 Å². The number of rotatable bonds is 4. The number of hydrogen-bond acceptors (Lipinski definition) is 6. The van der Waals surface area contributed by atoms with E-state index in [4.69, 9.17) is 9.97 Å². The Bertz CT molecular complexity index is 680. The van der Waals surface area contributed by atoms with Crippen LogP contribution in [0.1, 0.15) is 44.7 Å². The molecule has 0 spiro atoms. The summed E-state index contributed by atoms with van der Waals surface area (Å²) in [7, 11) is 2.31. The van der Waals surface area contributed by atoms with Crippen molar-refractivity contribution >= 4 is 11.8 Å². The van der Waals surface area contributed by atoms with Crippen LogP contribution in [0.4, 0.5) is 11.8 Å². The predicted octanol–water partition coefficient (Wildman–Crippen LogP) is 2.24. The second-order valence-corrected chi connectivity index (χ2v) is 9.33. The number of aromatic nitrogens is 2. The molecule has 0 radical (unpaired) electrons. The van der Waals surface area contributed by atoms with Gasteiger partial charge in [-0.2, -0.15) is 4.98 Å². The summed E-state index contributed by atoms with van der Waals surface area (Å²) in [6.45, 7) is 10.6. The van der Waals surface area contributed by atoms with E-state index in [9.17, 15) is 0 Å². The number of hydrogen-bond donors (Lipinski definition) is 0. The van der Waals surface area contributed by atoms with E-state index < -0.39 is 0 Å². The van der Waals surface area contributed by atoms with E-state index in [-0.39, 0.29) is 0 Å². The van der Waals surface area contributed by atoms with E-state index in [1.165, 1.54) is 57.4 Å². The topological polar surface area (TPSA) is 38.7 Å². The molecule has 5 rings (SSSR count). The summed E-state index contributed by atoms with van der Waals surface area (Å²) in [6.07, 6.45) is 7.47. The first-order chi connectivity index (χ1) is 13.7. The Balaban J connectivity index is 1.24. The lowest BCUT2D eigenvalue weighted by Gasteiger charge is -2.38. The van der Waals surface area contributed by atoms with E-state index >= 15 is 0 Å². The smallest absolute Gasteiger partial charge is 0.227 e. The Kier molecular flexibility index (Phi) is 5.18. The molecule has 0 unspecified atom stereocenters. The van der Waals surface area contributed by atoms with Crippen LogP contribution < -0.4 is 9.80 Å². The average Bonchev–Trinajstić information content (AvgIpc) is 3.47. The molecule has 0 bridgehead atoms. The van der Waals surface area contributed by atoms with Crippen molar-refractivity contribution in [1.82, 2.24) is 19.8 Å². The highest BCUT2D eigenvalue weighted by Gasteiger charge is 2.42. The van der Waals surface area contributed by atoms with Gasteiger partial charge in [-0.25, -0.2) is 4.98 Å². The van der Waals surface area contributed by atoms with Gasteiger partial charge in [0.25, 0.3) is 0 Å². The highest BCUT2D eigenvalue weighted by atomic mass is 15.3. The number of aryl methyl sites for hydroxylation is 1. The molecule has 2 atom stereocenters. The molecular weight excluding hydrogens is 348 g/mol. The van der Waals surface area contributed by atoms with Crippen molar-refractivity contribution < 1.29 is 0 Å². The fraction of sp³-hybridized carbons (Fsp3) is 0.818. The Morgan fingerprint density at radius 1 is 0.929 bits per heavy atom. The molecule has 5 heterocycles. The maximum absolute atomic E-state index is 4.99. The molecule has 0 aromatic carbocycles. The van der Waals surface area contributed by atoms with Gasteiger partial charge in [-0.05, 0) is 58.0 Å². The summed E-state index contributed by atoms with van der Waals surface area (Å²) in [4.78, 5) is 20.1. The maximum atomic E-state index is 4.99. The first-order valence-electron chi connectivity index (χ1n) is 11.5. The number of fused-ring (bicyclic) bond motifs is 1. The van der Waals surface area contributed by atoms with Crippen molar-refractivity contribution in [3.8, 4) is 0 Å². The molecule has 1 aromatic rings. The zero-order valence-corrected chi connectivity index (χ0v) is 17.7. The Morgan fingerprint density at radius 2 is 1.71 bits per heavy atom. The molecule has 154 valence electrons. The summed E-state index contributed by atoms with van der Waals surface area (Å²) in [6, 6.07) is 3.81. The van der Waals surface area contributed by atoms with Gasteiger partial charge in [0.2, 0.25) is 5.95 Å². The van der Waals surface area contributed by atoms with Crippen LogP contribution in [0.15, 0.2) is 6.07 Å². The number of nitrogens with zero attached hydrogens (tertiary/aromatic N) is 6. The number of anilines is 2. The van der Waals surface area contributed by atoms with Crippen LogP contribution in [0.5, 0.6) is 0 Å². The van der Waals surface area contributed by atoms with Crippen molar-refractivity contribution in [2.24, 2.45) is 5.92 Å². The quantitative estimate of drug-likeness (QED) is 0.793. The van der Waals surface area contributed by atoms with Gasteiger partial charge in [0.15, 0.2) is 0 Å². The minimum atomic E-state index is 0.765. The normalized spacial score (nSPS) is 29.8. The Hall–Kier alpha value is -1.40. The van der Waals surface area contributed by atoms with Crippen LogP contribution in [-0.4, -0.2) is 84.7 Å². The Morgan fingerprint density at radius 3 is 2.43 bits per heavy atom. The van der Waals surface area contributed by atoms with Crippen molar-refractivity contribution in [3.63, 3.8) is 0 Å². The molecule has 4 aliphatic heterocycles. The number of likely N-dealkylation sites (N-methyl/N-ethyl adjacent to an activating group) is 1. The van der Waals surface area contributed by atoms with Crippen molar-refractivity contribution in [3.05, 3.63) is 11.8 Å². The standard InChI is InChI=1S/C22H36N6/c1-3-18-14-21(24-22(23-18)27-9-4-5-10-27)26-12-7-19(8-13-26)28-15-17-6-11-25(2)20(17)16-28/h14,17,19-20H,3-13,15-16H2,1-2H3/t17-,20+/m0/s1. The molecule has 1 aromatic heterocycles. The molecule has 4 saturated heterocycles. The highest BCUT2D eigenvalue weighted by Crippen LogP contribution is 2.34. The van der Waals surface area contributed by atoms with Gasteiger partial charge in [0, 0.05) is 63.1 Å². The lowest BCUT2D eigenvalue weighted by molar-refractivity contribution is 0.180. The number of likely N-dealkylation sites (tertiary alicyclic amines) is 2. The molecule has 4 aliphatic rings. The zero-order valence-electron chi connectivity index (χ0n) is 17.7. The molecule has 6 heteroatoms. The van der Waals surface area contributed by atoms with E-state index in [1.54, 1.807) is 0 Å². The van der Waals surface area contributed by atoms with Gasteiger partial charge in [-0.3, -0.25) is 4.90 Å².